The van der Waals surface area contributed by atoms with Crippen LogP contribution < -0.4 is 0 Å². The summed E-state index contributed by atoms with van der Waals surface area (Å²) >= 11 is 0. The van der Waals surface area contributed by atoms with E-state index in [1.165, 1.54) is 0 Å². The third-order valence-corrected chi connectivity index (χ3v) is 4.17. The van der Waals surface area contributed by atoms with E-state index >= 15 is 0 Å². The predicted octanol–water partition coefficient (Wildman–Crippen LogP) is 0.570. The molecule has 0 unspecified atom stereocenters. The molecule has 0 bridgehead atoms. The zero-order valence-electron chi connectivity index (χ0n) is 6.88. The highest BCUT2D eigenvalue weighted by molar-refractivity contribution is 7.92. The molecule has 5 heteroatoms. The van der Waals surface area contributed by atoms with Crippen molar-refractivity contribution in [2.75, 3.05) is 24.7 Å². The van der Waals surface area contributed by atoms with Crippen LogP contribution in [0.5, 0.6) is 0 Å². The molecule has 4 nitrogen and oxygen atoms in total. The summed E-state index contributed by atoms with van der Waals surface area (Å²) in [4.78, 5) is 0. The van der Waals surface area contributed by atoms with Gasteiger partial charge >= 0.3 is 0 Å². The van der Waals surface area contributed by atoms with Crippen molar-refractivity contribution < 1.29 is 13.7 Å². The van der Waals surface area contributed by atoms with E-state index in [2.05, 4.69) is 0 Å². The topological polar surface area (TPSA) is 59.4 Å². The third kappa shape index (κ3) is 1.48. The normalized spacial score (nSPS) is 32.3. The minimum atomic E-state index is -2.31. The maximum Gasteiger partial charge on any atom is 0.170 e. The largest absolute Gasteiger partial charge is 0.347 e. The Labute approximate surface area is 72.2 Å². The van der Waals surface area contributed by atoms with E-state index in [-0.39, 0.29) is 0 Å². The van der Waals surface area contributed by atoms with Gasteiger partial charge in [0.25, 0.3) is 0 Å². The highest BCUT2D eigenvalue weighted by Crippen LogP contribution is 2.32. The Morgan fingerprint density at radius 2 is 1.67 bits per heavy atom. The SMILES string of the molecule is N=S1(=O)CCC2(CC1)OCCO2. The smallest absolute Gasteiger partial charge is 0.170 e. The lowest BCUT2D eigenvalue weighted by Gasteiger charge is -2.31. The average Bonchev–Trinajstić information content (AvgIpc) is 2.46. The summed E-state index contributed by atoms with van der Waals surface area (Å²) in [6.07, 6.45) is 1.24. The van der Waals surface area contributed by atoms with Crippen LogP contribution in [0, 0.1) is 4.78 Å². The van der Waals surface area contributed by atoms with Crippen molar-refractivity contribution in [2.45, 2.75) is 18.6 Å². The molecule has 0 aromatic carbocycles. The molecule has 2 saturated heterocycles. The first-order valence-electron chi connectivity index (χ1n) is 4.14. The van der Waals surface area contributed by atoms with E-state index in [0.29, 0.717) is 37.6 Å². The fraction of sp³-hybridized carbons (Fsp3) is 1.00. The zero-order valence-corrected chi connectivity index (χ0v) is 7.69. The van der Waals surface area contributed by atoms with Crippen LogP contribution in [-0.4, -0.2) is 34.7 Å². The van der Waals surface area contributed by atoms with Crippen LogP contribution in [0.2, 0.25) is 0 Å². The summed E-state index contributed by atoms with van der Waals surface area (Å²) in [5.41, 5.74) is 0. The van der Waals surface area contributed by atoms with Crippen LogP contribution in [0.3, 0.4) is 0 Å². The quantitative estimate of drug-likeness (QED) is 0.609. The molecule has 1 spiro atoms. The number of hydrogen-bond donors (Lipinski definition) is 1. The molecule has 2 fully saturated rings. The number of nitrogens with one attached hydrogen (secondary N) is 1. The maximum atomic E-state index is 11.3. The van der Waals surface area contributed by atoms with Gasteiger partial charge in [-0.15, -0.1) is 0 Å². The van der Waals surface area contributed by atoms with Gasteiger partial charge in [0.05, 0.1) is 13.2 Å². The Hall–Kier alpha value is -0.130. The Morgan fingerprint density at radius 3 is 2.17 bits per heavy atom. The summed E-state index contributed by atoms with van der Waals surface area (Å²) in [6, 6.07) is 0. The third-order valence-electron chi connectivity index (χ3n) is 2.44. The number of hydrogen-bond acceptors (Lipinski definition) is 4. The van der Waals surface area contributed by atoms with Gasteiger partial charge in [-0.1, -0.05) is 0 Å². The Balaban J connectivity index is 2.06. The van der Waals surface area contributed by atoms with E-state index < -0.39 is 15.5 Å². The van der Waals surface area contributed by atoms with Crippen LogP contribution >= 0.6 is 0 Å². The van der Waals surface area contributed by atoms with Gasteiger partial charge in [-0.3, -0.25) is 4.78 Å². The van der Waals surface area contributed by atoms with Gasteiger partial charge in [-0.2, -0.15) is 0 Å². The number of rotatable bonds is 0. The molecule has 0 aromatic heterocycles. The lowest BCUT2D eigenvalue weighted by atomic mass is 10.1. The Kier molecular flexibility index (Phi) is 1.89. The molecule has 0 saturated carbocycles. The van der Waals surface area contributed by atoms with Crippen LogP contribution in [0.1, 0.15) is 12.8 Å². The summed E-state index contributed by atoms with van der Waals surface area (Å²) in [5, 5.41) is 0. The van der Waals surface area contributed by atoms with Crippen LogP contribution in [-0.2, 0) is 19.2 Å². The molecule has 1 N–H and O–H groups in total. The minimum Gasteiger partial charge on any atom is -0.347 e. The highest BCUT2D eigenvalue weighted by atomic mass is 32.2. The van der Waals surface area contributed by atoms with Gasteiger partial charge in [-0.05, 0) is 0 Å². The van der Waals surface area contributed by atoms with E-state index in [1.807, 2.05) is 0 Å². The standard InChI is InChI=1S/C7H13NO3S/c8-12(9)5-1-7(2-6-12)10-3-4-11-7/h8H,1-6H2. The van der Waals surface area contributed by atoms with Gasteiger partial charge in [0.1, 0.15) is 0 Å². The van der Waals surface area contributed by atoms with Crippen molar-refractivity contribution in [1.82, 2.24) is 0 Å². The first-order valence-corrected chi connectivity index (χ1v) is 6.04. The minimum absolute atomic E-state index is 0.424. The molecule has 0 aliphatic carbocycles. The van der Waals surface area contributed by atoms with E-state index in [4.69, 9.17) is 14.3 Å². The lowest BCUT2D eigenvalue weighted by Crippen LogP contribution is -2.39. The Bertz CT molecular complexity index is 250. The van der Waals surface area contributed by atoms with Gasteiger partial charge in [0, 0.05) is 34.1 Å². The summed E-state index contributed by atoms with van der Waals surface area (Å²) in [5.74, 6) is 0.377. The van der Waals surface area contributed by atoms with Crippen molar-refractivity contribution in [1.29, 1.82) is 4.78 Å². The first-order chi connectivity index (χ1) is 5.62. The lowest BCUT2D eigenvalue weighted by molar-refractivity contribution is -0.161. The van der Waals surface area contributed by atoms with Crippen LogP contribution in [0.25, 0.3) is 0 Å². The van der Waals surface area contributed by atoms with Crippen molar-refractivity contribution in [3.8, 4) is 0 Å². The maximum absolute atomic E-state index is 11.3. The molecular formula is C7H13NO3S. The van der Waals surface area contributed by atoms with Crippen molar-refractivity contribution in [3.63, 3.8) is 0 Å². The van der Waals surface area contributed by atoms with Crippen molar-refractivity contribution in [2.24, 2.45) is 0 Å². The predicted molar refractivity (Wildman–Crippen MR) is 44.5 cm³/mol. The average molecular weight is 191 g/mol. The molecule has 0 radical (unpaired) electrons. The molecule has 0 amide bonds. The fourth-order valence-corrected chi connectivity index (χ4v) is 3.14. The molecular weight excluding hydrogens is 178 g/mol. The fourth-order valence-electron chi connectivity index (χ4n) is 1.65. The van der Waals surface area contributed by atoms with Crippen molar-refractivity contribution >= 4 is 9.73 Å². The first kappa shape index (κ1) is 8.47. The second-order valence-electron chi connectivity index (χ2n) is 3.33. The summed E-state index contributed by atoms with van der Waals surface area (Å²) in [6.45, 7) is 1.28. The van der Waals surface area contributed by atoms with Gasteiger partial charge < -0.3 is 9.47 Å². The van der Waals surface area contributed by atoms with Gasteiger partial charge in [0.15, 0.2) is 5.79 Å². The molecule has 0 atom stereocenters. The molecule has 2 rings (SSSR count). The molecule has 0 aromatic rings. The van der Waals surface area contributed by atoms with E-state index in [9.17, 15) is 4.21 Å². The van der Waals surface area contributed by atoms with E-state index in [0.717, 1.165) is 0 Å². The molecule has 70 valence electrons. The van der Waals surface area contributed by atoms with Crippen LogP contribution in [0.15, 0.2) is 0 Å². The Morgan fingerprint density at radius 1 is 1.17 bits per heavy atom. The zero-order chi connectivity index (χ0) is 8.66. The highest BCUT2D eigenvalue weighted by Gasteiger charge is 2.40. The molecule has 2 heterocycles. The molecule has 2 aliphatic rings. The summed E-state index contributed by atoms with van der Waals surface area (Å²) < 4.78 is 29.6. The van der Waals surface area contributed by atoms with Crippen molar-refractivity contribution in [3.05, 3.63) is 0 Å². The molecule has 2 aliphatic heterocycles. The summed E-state index contributed by atoms with van der Waals surface area (Å²) in [7, 11) is -2.31. The second kappa shape index (κ2) is 2.68. The monoisotopic (exact) mass is 191 g/mol. The van der Waals surface area contributed by atoms with Gasteiger partial charge in [0.2, 0.25) is 0 Å². The van der Waals surface area contributed by atoms with Gasteiger partial charge in [-0.25, -0.2) is 4.21 Å². The van der Waals surface area contributed by atoms with E-state index in [1.54, 1.807) is 0 Å². The number of ether oxygens (including phenoxy) is 2. The second-order valence-corrected chi connectivity index (χ2v) is 5.77. The molecule has 12 heavy (non-hydrogen) atoms. The van der Waals surface area contributed by atoms with Crippen LogP contribution in [0.4, 0.5) is 0 Å².